The fourth-order valence-electron chi connectivity index (χ4n) is 4.08. The molecule has 2 heterocycles. The van der Waals surface area contributed by atoms with Crippen molar-refractivity contribution >= 4 is 40.7 Å². The first-order valence-corrected chi connectivity index (χ1v) is 11.9. The molecule has 0 bridgehead atoms. The van der Waals surface area contributed by atoms with Gasteiger partial charge in [-0.05, 0) is 56.2 Å². The van der Waals surface area contributed by atoms with Crippen LogP contribution in [0.15, 0.2) is 63.1 Å². The summed E-state index contributed by atoms with van der Waals surface area (Å²) in [7, 11) is 0. The van der Waals surface area contributed by atoms with Gasteiger partial charge in [0.05, 0.1) is 5.70 Å². The van der Waals surface area contributed by atoms with Crippen molar-refractivity contribution < 1.29 is 0 Å². The molecule has 0 saturated heterocycles. The molecule has 2 aliphatic rings. The zero-order valence-electron chi connectivity index (χ0n) is 18.1. The predicted molar refractivity (Wildman–Crippen MR) is 132 cm³/mol. The van der Waals surface area contributed by atoms with Gasteiger partial charge in [-0.25, -0.2) is 4.99 Å². The predicted octanol–water partition coefficient (Wildman–Crippen LogP) is 4.99. The Morgan fingerprint density at radius 3 is 2.20 bits per heavy atom. The van der Waals surface area contributed by atoms with Crippen molar-refractivity contribution in [2.45, 2.75) is 56.4 Å². The summed E-state index contributed by atoms with van der Waals surface area (Å²) in [5.41, 5.74) is 18.7. The number of benzene rings is 2. The first-order chi connectivity index (χ1) is 14.3. The zero-order chi connectivity index (χ0) is 21.6. The normalized spacial score (nSPS) is 21.4. The molecule has 30 heavy (non-hydrogen) atoms. The van der Waals surface area contributed by atoms with E-state index in [0.717, 1.165) is 27.9 Å². The van der Waals surface area contributed by atoms with Gasteiger partial charge in [-0.1, -0.05) is 43.8 Å². The Bertz CT molecular complexity index is 993. The lowest BCUT2D eigenvalue weighted by Gasteiger charge is -2.39. The van der Waals surface area contributed by atoms with Gasteiger partial charge >= 0.3 is 0 Å². The number of anilines is 2. The Hall–Kier alpha value is -1.93. The minimum absolute atomic E-state index is 0.248. The van der Waals surface area contributed by atoms with Gasteiger partial charge in [-0.3, -0.25) is 0 Å². The lowest BCUT2D eigenvalue weighted by Crippen LogP contribution is -2.53. The molecule has 5 nitrogen and oxygen atoms in total. The third kappa shape index (κ3) is 3.75. The van der Waals surface area contributed by atoms with Crippen LogP contribution in [-0.2, 0) is 0 Å². The van der Waals surface area contributed by atoms with Gasteiger partial charge in [-0.2, -0.15) is 0 Å². The molecule has 0 aliphatic carbocycles. The van der Waals surface area contributed by atoms with Crippen molar-refractivity contribution in [2.75, 3.05) is 9.80 Å². The van der Waals surface area contributed by atoms with Crippen LogP contribution < -0.4 is 21.3 Å². The standard InChI is InChI=1S/C23H29N5S2/c1-13(2)29-18-11-9-17(10-12-18)27-16(5)26-22-20(21(27)24)28(23(25)30-22)19-14(3)7-6-8-15(19)4/h6-13,21,23H,24-25H2,1-5H3. The summed E-state index contributed by atoms with van der Waals surface area (Å²) in [6.45, 7) is 10.6. The van der Waals surface area contributed by atoms with E-state index in [1.807, 2.05) is 18.7 Å². The largest absolute Gasteiger partial charge is 0.314 e. The van der Waals surface area contributed by atoms with Crippen molar-refractivity contribution in [3.05, 3.63) is 64.3 Å². The summed E-state index contributed by atoms with van der Waals surface area (Å²) in [5.74, 6) is 0.883. The summed E-state index contributed by atoms with van der Waals surface area (Å²) < 4.78 is 0. The fourth-order valence-corrected chi connectivity index (χ4v) is 6.00. The Balaban J connectivity index is 1.72. The van der Waals surface area contributed by atoms with Gasteiger partial charge < -0.3 is 21.3 Å². The number of thioether (sulfide) groups is 2. The van der Waals surface area contributed by atoms with Gasteiger partial charge in [0.2, 0.25) is 0 Å². The van der Waals surface area contributed by atoms with E-state index < -0.39 is 0 Å². The van der Waals surface area contributed by atoms with E-state index in [9.17, 15) is 0 Å². The van der Waals surface area contributed by atoms with E-state index in [4.69, 9.17) is 16.5 Å². The number of hydrogen-bond donors (Lipinski definition) is 2. The molecule has 2 unspecified atom stereocenters. The monoisotopic (exact) mass is 439 g/mol. The van der Waals surface area contributed by atoms with Crippen LogP contribution in [0.3, 0.4) is 0 Å². The number of para-hydroxylation sites is 1. The highest BCUT2D eigenvalue weighted by molar-refractivity contribution is 8.04. The van der Waals surface area contributed by atoms with Crippen molar-refractivity contribution in [2.24, 2.45) is 16.5 Å². The maximum absolute atomic E-state index is 6.87. The van der Waals surface area contributed by atoms with Crippen LogP contribution in [0.4, 0.5) is 11.4 Å². The van der Waals surface area contributed by atoms with Crippen molar-refractivity contribution in [1.82, 2.24) is 0 Å². The Morgan fingerprint density at radius 2 is 1.60 bits per heavy atom. The van der Waals surface area contributed by atoms with Crippen LogP contribution in [-0.4, -0.2) is 22.7 Å². The SMILES string of the molecule is CC1=NC2=C(C(N)N1c1ccc(SC(C)C)cc1)N(c1c(C)cccc1C)C(N)S2. The first-order valence-electron chi connectivity index (χ1n) is 10.2. The Kier molecular flexibility index (Phi) is 5.90. The summed E-state index contributed by atoms with van der Waals surface area (Å²) in [4.78, 5) is 10.4. The zero-order valence-corrected chi connectivity index (χ0v) is 19.7. The van der Waals surface area contributed by atoms with Crippen LogP contribution in [0, 0.1) is 13.8 Å². The van der Waals surface area contributed by atoms with E-state index in [2.05, 4.69) is 80.0 Å². The maximum atomic E-state index is 6.87. The maximum Gasteiger partial charge on any atom is 0.136 e. The molecule has 2 aliphatic heterocycles. The number of aliphatic imine (C=N–C) groups is 1. The minimum Gasteiger partial charge on any atom is -0.314 e. The molecule has 0 radical (unpaired) electrons. The van der Waals surface area contributed by atoms with E-state index in [1.165, 1.54) is 16.0 Å². The number of rotatable bonds is 4. The van der Waals surface area contributed by atoms with Crippen LogP contribution in [0.25, 0.3) is 0 Å². The Labute approximate surface area is 187 Å². The molecule has 7 heteroatoms. The number of nitrogens with two attached hydrogens (primary N) is 2. The van der Waals surface area contributed by atoms with Gasteiger partial charge in [-0.15, -0.1) is 11.8 Å². The number of nitrogens with zero attached hydrogens (tertiary/aromatic N) is 3. The highest BCUT2D eigenvalue weighted by Gasteiger charge is 2.41. The molecule has 2 atom stereocenters. The second kappa shape index (κ2) is 8.30. The quantitative estimate of drug-likeness (QED) is 0.654. The molecule has 2 aromatic carbocycles. The number of amidine groups is 1. The highest BCUT2D eigenvalue weighted by Crippen LogP contribution is 2.45. The molecular formula is C23H29N5S2. The van der Waals surface area contributed by atoms with E-state index in [1.54, 1.807) is 11.8 Å². The average molecular weight is 440 g/mol. The second-order valence-corrected chi connectivity index (χ2v) is 10.7. The van der Waals surface area contributed by atoms with Gasteiger partial charge in [0, 0.05) is 21.5 Å². The lowest BCUT2D eigenvalue weighted by atomic mass is 10.1. The molecular weight excluding hydrogens is 410 g/mol. The van der Waals surface area contributed by atoms with Gasteiger partial charge in [0.1, 0.15) is 22.5 Å². The first kappa shape index (κ1) is 21.3. The van der Waals surface area contributed by atoms with Crippen LogP contribution in [0.1, 0.15) is 31.9 Å². The third-order valence-electron chi connectivity index (χ3n) is 5.30. The molecule has 0 amide bonds. The topological polar surface area (TPSA) is 70.9 Å². The van der Waals surface area contributed by atoms with Crippen LogP contribution >= 0.6 is 23.5 Å². The van der Waals surface area contributed by atoms with Gasteiger partial charge in [0.25, 0.3) is 0 Å². The third-order valence-corrected chi connectivity index (χ3v) is 7.29. The summed E-state index contributed by atoms with van der Waals surface area (Å²) in [5, 5.41) is 1.46. The smallest absolute Gasteiger partial charge is 0.136 e. The second-order valence-electron chi connectivity index (χ2n) is 7.94. The summed E-state index contributed by atoms with van der Waals surface area (Å²) in [6.07, 6.45) is -0.360. The molecule has 0 spiro atoms. The van der Waals surface area contributed by atoms with Crippen molar-refractivity contribution in [3.63, 3.8) is 0 Å². The van der Waals surface area contributed by atoms with E-state index in [0.29, 0.717) is 5.25 Å². The van der Waals surface area contributed by atoms with Crippen molar-refractivity contribution in [3.8, 4) is 0 Å². The average Bonchev–Trinajstić information content (AvgIpc) is 2.98. The van der Waals surface area contributed by atoms with Gasteiger partial charge in [0.15, 0.2) is 0 Å². The fraction of sp³-hybridized carbons (Fsp3) is 0.348. The number of aryl methyl sites for hydroxylation is 2. The molecule has 158 valence electrons. The van der Waals surface area contributed by atoms with Crippen LogP contribution in [0.2, 0.25) is 0 Å². The minimum atomic E-state index is -0.360. The number of hydrogen-bond acceptors (Lipinski definition) is 7. The van der Waals surface area contributed by atoms with Crippen molar-refractivity contribution in [1.29, 1.82) is 0 Å². The molecule has 0 aromatic heterocycles. The summed E-state index contributed by atoms with van der Waals surface area (Å²) in [6, 6.07) is 14.9. The molecule has 2 aromatic rings. The Morgan fingerprint density at radius 1 is 0.967 bits per heavy atom. The molecule has 4 N–H and O–H groups in total. The van der Waals surface area contributed by atoms with E-state index >= 15 is 0 Å². The van der Waals surface area contributed by atoms with E-state index in [-0.39, 0.29) is 11.7 Å². The molecule has 0 saturated carbocycles. The lowest BCUT2D eigenvalue weighted by molar-refractivity contribution is 0.714. The highest BCUT2D eigenvalue weighted by atomic mass is 32.2. The molecule has 0 fully saturated rings. The summed E-state index contributed by atoms with van der Waals surface area (Å²) >= 11 is 3.42. The van der Waals surface area contributed by atoms with Crippen LogP contribution in [0.5, 0.6) is 0 Å². The molecule has 4 rings (SSSR count).